The van der Waals surface area contributed by atoms with Gasteiger partial charge in [-0.1, -0.05) is 43.2 Å². The zero-order valence-electron chi connectivity index (χ0n) is 18.8. The lowest BCUT2D eigenvalue weighted by Gasteiger charge is -2.36. The van der Waals surface area contributed by atoms with Crippen LogP contribution in [-0.2, 0) is 16.1 Å². The Labute approximate surface area is 190 Å². The fourth-order valence-corrected chi connectivity index (χ4v) is 6.06. The van der Waals surface area contributed by atoms with Gasteiger partial charge in [-0.3, -0.25) is 9.59 Å². The van der Waals surface area contributed by atoms with E-state index in [1.165, 1.54) is 18.4 Å². The Morgan fingerprint density at radius 3 is 2.56 bits per heavy atom. The van der Waals surface area contributed by atoms with Gasteiger partial charge >= 0.3 is 0 Å². The molecule has 2 unspecified atom stereocenters. The molecular weight excluding hydrogens is 400 g/mol. The van der Waals surface area contributed by atoms with E-state index in [1.54, 1.807) is 12.5 Å². The molecule has 0 bridgehead atoms. The maximum Gasteiger partial charge on any atom is 0.230 e. The Morgan fingerprint density at radius 2 is 1.88 bits per heavy atom. The average molecular weight is 435 g/mol. The molecule has 2 amide bonds. The first-order chi connectivity index (χ1) is 15.7. The van der Waals surface area contributed by atoms with E-state index in [0.717, 1.165) is 51.7 Å². The van der Waals surface area contributed by atoms with E-state index in [1.807, 2.05) is 16.8 Å². The SMILES string of the molecule is O=C(NCCn1ccnc1)C1CC12CCN(C(=O)C(c1ccccc1)C1CCCC1)CC2. The number of hydrogen-bond acceptors (Lipinski definition) is 3. The summed E-state index contributed by atoms with van der Waals surface area (Å²) in [6.07, 6.45) is 13.1. The van der Waals surface area contributed by atoms with Crippen molar-refractivity contribution in [3.63, 3.8) is 0 Å². The quantitative estimate of drug-likeness (QED) is 0.724. The summed E-state index contributed by atoms with van der Waals surface area (Å²) in [7, 11) is 0. The van der Waals surface area contributed by atoms with Gasteiger partial charge in [0.05, 0.1) is 12.2 Å². The smallest absolute Gasteiger partial charge is 0.230 e. The van der Waals surface area contributed by atoms with Crippen LogP contribution in [0.15, 0.2) is 49.1 Å². The minimum Gasteiger partial charge on any atom is -0.354 e. The number of hydrogen-bond donors (Lipinski definition) is 1. The van der Waals surface area contributed by atoms with Gasteiger partial charge in [0.15, 0.2) is 0 Å². The largest absolute Gasteiger partial charge is 0.354 e. The third-order valence-electron chi connectivity index (χ3n) is 8.10. The van der Waals surface area contributed by atoms with E-state index in [0.29, 0.717) is 18.4 Å². The molecule has 1 saturated heterocycles. The molecule has 2 atom stereocenters. The molecule has 1 aromatic heterocycles. The van der Waals surface area contributed by atoms with Crippen molar-refractivity contribution in [3.8, 4) is 0 Å². The molecule has 1 N–H and O–H groups in total. The van der Waals surface area contributed by atoms with Crippen LogP contribution in [0, 0.1) is 17.3 Å². The van der Waals surface area contributed by atoms with Gasteiger partial charge in [-0.25, -0.2) is 4.98 Å². The molecule has 170 valence electrons. The van der Waals surface area contributed by atoms with Gasteiger partial charge in [0.1, 0.15) is 0 Å². The van der Waals surface area contributed by atoms with Gasteiger partial charge in [-0.15, -0.1) is 0 Å². The number of carbonyl (C=O) groups excluding carboxylic acids is 2. The molecule has 1 spiro atoms. The third-order valence-corrected chi connectivity index (χ3v) is 8.10. The van der Waals surface area contributed by atoms with Crippen LogP contribution in [0.5, 0.6) is 0 Å². The van der Waals surface area contributed by atoms with Crippen LogP contribution in [0.4, 0.5) is 0 Å². The first kappa shape index (κ1) is 21.2. The molecule has 6 heteroatoms. The molecule has 1 aliphatic heterocycles. The second-order valence-corrected chi connectivity index (χ2v) is 9.97. The van der Waals surface area contributed by atoms with Crippen molar-refractivity contribution < 1.29 is 9.59 Å². The fraction of sp³-hybridized carbons (Fsp3) is 0.577. The van der Waals surface area contributed by atoms with Crippen molar-refractivity contribution in [1.82, 2.24) is 19.8 Å². The zero-order valence-corrected chi connectivity index (χ0v) is 18.8. The Kier molecular flexibility index (Phi) is 6.03. The maximum absolute atomic E-state index is 13.6. The number of nitrogens with one attached hydrogen (secondary N) is 1. The molecule has 2 saturated carbocycles. The van der Waals surface area contributed by atoms with Gasteiger partial charge in [0, 0.05) is 44.5 Å². The van der Waals surface area contributed by atoms with E-state index in [9.17, 15) is 9.59 Å². The van der Waals surface area contributed by atoms with Crippen LogP contribution in [0.3, 0.4) is 0 Å². The van der Waals surface area contributed by atoms with Gasteiger partial charge in [0.25, 0.3) is 0 Å². The first-order valence-corrected chi connectivity index (χ1v) is 12.2. The van der Waals surface area contributed by atoms with Crippen LogP contribution in [0.2, 0.25) is 0 Å². The number of piperidine rings is 1. The summed E-state index contributed by atoms with van der Waals surface area (Å²) >= 11 is 0. The van der Waals surface area contributed by atoms with Gasteiger partial charge in [0.2, 0.25) is 11.8 Å². The summed E-state index contributed by atoms with van der Waals surface area (Å²) in [5, 5.41) is 3.10. The Bertz CT molecular complexity index is 913. The highest BCUT2D eigenvalue weighted by Gasteiger charge is 2.58. The van der Waals surface area contributed by atoms with E-state index < -0.39 is 0 Å². The number of imidazole rings is 1. The molecule has 2 aromatic rings. The number of aromatic nitrogens is 2. The lowest BCUT2D eigenvalue weighted by atomic mass is 9.82. The van der Waals surface area contributed by atoms with Crippen LogP contribution in [0.25, 0.3) is 0 Å². The van der Waals surface area contributed by atoms with Crippen molar-refractivity contribution in [2.45, 2.75) is 57.4 Å². The van der Waals surface area contributed by atoms with Gasteiger partial charge < -0.3 is 14.8 Å². The van der Waals surface area contributed by atoms with Crippen LogP contribution in [0.1, 0.15) is 56.4 Å². The second kappa shape index (κ2) is 9.08. The lowest BCUT2D eigenvalue weighted by molar-refractivity contribution is -0.135. The summed E-state index contributed by atoms with van der Waals surface area (Å²) in [6, 6.07) is 10.4. The highest BCUT2D eigenvalue weighted by Crippen LogP contribution is 2.59. The van der Waals surface area contributed by atoms with Crippen molar-refractivity contribution >= 4 is 11.8 Å². The zero-order chi connectivity index (χ0) is 22.0. The number of rotatable bonds is 7. The lowest BCUT2D eigenvalue weighted by Crippen LogP contribution is -2.44. The summed E-state index contributed by atoms with van der Waals surface area (Å²) in [5.41, 5.74) is 1.29. The molecule has 5 rings (SSSR count). The van der Waals surface area contributed by atoms with Gasteiger partial charge in [-0.05, 0) is 49.0 Å². The monoisotopic (exact) mass is 434 g/mol. The minimum absolute atomic E-state index is 0.00535. The Morgan fingerprint density at radius 1 is 1.12 bits per heavy atom. The molecule has 1 aromatic carbocycles. The highest BCUT2D eigenvalue weighted by atomic mass is 16.2. The van der Waals surface area contributed by atoms with Crippen molar-refractivity contribution in [2.75, 3.05) is 19.6 Å². The number of nitrogens with zero attached hydrogens (tertiary/aromatic N) is 3. The second-order valence-electron chi connectivity index (χ2n) is 9.97. The summed E-state index contributed by atoms with van der Waals surface area (Å²) < 4.78 is 1.97. The number of amides is 2. The molecule has 3 fully saturated rings. The van der Waals surface area contributed by atoms with Gasteiger partial charge in [-0.2, -0.15) is 0 Å². The predicted octanol–water partition coefficient (Wildman–Crippen LogP) is 3.60. The molecule has 3 aliphatic rings. The fourth-order valence-electron chi connectivity index (χ4n) is 6.06. The number of likely N-dealkylation sites (tertiary alicyclic amines) is 1. The standard InChI is InChI=1S/C26H34N4O2/c31-24(28-13-17-29-16-12-27-19-29)22-18-26(22)10-14-30(15-11-26)25(32)23(21-8-4-5-9-21)20-6-2-1-3-7-20/h1-3,6-7,12,16,19,21-23H,4-5,8-11,13-15,17-18H2,(H,28,31). The van der Waals surface area contributed by atoms with E-state index >= 15 is 0 Å². The van der Waals surface area contributed by atoms with E-state index in [-0.39, 0.29) is 23.2 Å². The van der Waals surface area contributed by atoms with Crippen LogP contribution in [-0.4, -0.2) is 45.9 Å². The molecule has 2 heterocycles. The highest BCUT2D eigenvalue weighted by molar-refractivity contribution is 5.85. The Balaban J connectivity index is 1.15. The van der Waals surface area contributed by atoms with Crippen LogP contribution >= 0.6 is 0 Å². The van der Waals surface area contributed by atoms with Crippen molar-refractivity contribution in [3.05, 3.63) is 54.6 Å². The topological polar surface area (TPSA) is 67.2 Å². The van der Waals surface area contributed by atoms with Crippen LogP contribution < -0.4 is 5.32 Å². The normalized spacial score (nSPS) is 23.2. The van der Waals surface area contributed by atoms with E-state index in [4.69, 9.17) is 0 Å². The molecule has 2 aliphatic carbocycles. The summed E-state index contributed by atoms with van der Waals surface area (Å²) in [4.78, 5) is 32.4. The average Bonchev–Trinajstić information content (AvgIpc) is 3.21. The predicted molar refractivity (Wildman–Crippen MR) is 123 cm³/mol. The Hall–Kier alpha value is -2.63. The minimum atomic E-state index is -0.00535. The summed E-state index contributed by atoms with van der Waals surface area (Å²) in [6.45, 7) is 2.95. The van der Waals surface area contributed by atoms with Crippen molar-refractivity contribution in [2.24, 2.45) is 17.3 Å². The molecular formula is C26H34N4O2. The number of benzene rings is 1. The number of carbonyl (C=O) groups is 2. The molecule has 32 heavy (non-hydrogen) atoms. The molecule has 0 radical (unpaired) electrons. The third kappa shape index (κ3) is 4.32. The summed E-state index contributed by atoms with van der Waals surface area (Å²) in [5.74, 6) is 1.06. The van der Waals surface area contributed by atoms with E-state index in [2.05, 4.69) is 39.5 Å². The maximum atomic E-state index is 13.6. The van der Waals surface area contributed by atoms with Crippen molar-refractivity contribution in [1.29, 1.82) is 0 Å². The first-order valence-electron chi connectivity index (χ1n) is 12.2. The molecule has 6 nitrogen and oxygen atoms in total.